The molecule has 1 N–H and O–H groups in total. The molecule has 1 aliphatic heterocycles. The van der Waals surface area contributed by atoms with Crippen LogP contribution in [0.1, 0.15) is 18.7 Å². The third-order valence-electron chi connectivity index (χ3n) is 3.78. The highest BCUT2D eigenvalue weighted by Gasteiger charge is 2.21. The smallest absolute Gasteiger partial charge is 0.247 e. The van der Waals surface area contributed by atoms with E-state index < -0.39 is 0 Å². The summed E-state index contributed by atoms with van der Waals surface area (Å²) >= 11 is 3.41. The highest BCUT2D eigenvalue weighted by atomic mass is 79.9. The van der Waals surface area contributed by atoms with Crippen molar-refractivity contribution in [1.29, 1.82) is 0 Å². The molecule has 112 valence electrons. The number of piperidine rings is 1. The molecule has 1 atom stereocenters. The van der Waals surface area contributed by atoms with Crippen molar-refractivity contribution < 1.29 is 9.52 Å². The van der Waals surface area contributed by atoms with E-state index >= 15 is 0 Å². The van der Waals surface area contributed by atoms with Crippen LogP contribution in [0.25, 0.3) is 11.5 Å². The molecule has 1 aliphatic rings. The summed E-state index contributed by atoms with van der Waals surface area (Å²) in [5.74, 6) is 1.55. The summed E-state index contributed by atoms with van der Waals surface area (Å²) < 4.78 is 6.76. The molecule has 0 radical (unpaired) electrons. The Morgan fingerprint density at radius 3 is 2.86 bits per heavy atom. The van der Waals surface area contributed by atoms with Crippen LogP contribution in [-0.2, 0) is 6.54 Å². The molecule has 2 aromatic rings. The molecule has 1 fully saturated rings. The Hall–Kier alpha value is -1.24. The summed E-state index contributed by atoms with van der Waals surface area (Å²) in [6.07, 6.45) is 2.21. The molecule has 6 heteroatoms. The van der Waals surface area contributed by atoms with E-state index in [1.54, 1.807) is 0 Å². The zero-order valence-electron chi connectivity index (χ0n) is 11.7. The number of hydrogen-bond acceptors (Lipinski definition) is 5. The lowest BCUT2D eigenvalue weighted by atomic mass is 9.99. The maximum absolute atomic E-state index is 9.27. The first-order valence-corrected chi connectivity index (χ1v) is 7.95. The van der Waals surface area contributed by atoms with E-state index in [0.29, 0.717) is 24.2 Å². The van der Waals surface area contributed by atoms with Gasteiger partial charge in [-0.2, -0.15) is 0 Å². The normalized spacial score (nSPS) is 19.8. The van der Waals surface area contributed by atoms with Crippen molar-refractivity contribution in [2.45, 2.75) is 19.4 Å². The van der Waals surface area contributed by atoms with Gasteiger partial charge in [0, 0.05) is 23.2 Å². The van der Waals surface area contributed by atoms with E-state index in [0.717, 1.165) is 36.0 Å². The lowest BCUT2D eigenvalue weighted by Gasteiger charge is -2.30. The number of aliphatic hydroxyl groups is 1. The minimum Gasteiger partial charge on any atom is -0.419 e. The van der Waals surface area contributed by atoms with Gasteiger partial charge in [-0.15, -0.1) is 10.2 Å². The van der Waals surface area contributed by atoms with Crippen LogP contribution in [0.5, 0.6) is 0 Å². The van der Waals surface area contributed by atoms with Gasteiger partial charge in [0.2, 0.25) is 11.8 Å². The van der Waals surface area contributed by atoms with Crippen LogP contribution in [0.15, 0.2) is 33.2 Å². The first-order valence-electron chi connectivity index (χ1n) is 7.16. The Morgan fingerprint density at radius 1 is 1.29 bits per heavy atom. The summed E-state index contributed by atoms with van der Waals surface area (Å²) in [4.78, 5) is 2.27. The van der Waals surface area contributed by atoms with Gasteiger partial charge in [0.05, 0.1) is 6.54 Å². The Balaban J connectivity index is 1.66. The molecule has 3 rings (SSSR count). The number of aliphatic hydroxyl groups excluding tert-OH is 1. The number of likely N-dealkylation sites (tertiary alicyclic amines) is 1. The van der Waals surface area contributed by atoms with Gasteiger partial charge < -0.3 is 9.52 Å². The Bertz CT molecular complexity index is 585. The van der Waals surface area contributed by atoms with Crippen LogP contribution < -0.4 is 0 Å². The highest BCUT2D eigenvalue weighted by Crippen LogP contribution is 2.22. The third-order valence-corrected chi connectivity index (χ3v) is 4.31. The van der Waals surface area contributed by atoms with E-state index in [9.17, 15) is 5.11 Å². The number of nitrogens with zero attached hydrogens (tertiary/aromatic N) is 3. The van der Waals surface area contributed by atoms with Crippen molar-refractivity contribution in [2.75, 3.05) is 19.7 Å². The summed E-state index contributed by atoms with van der Waals surface area (Å²) in [7, 11) is 0. The van der Waals surface area contributed by atoms with E-state index in [-0.39, 0.29) is 6.61 Å². The zero-order valence-corrected chi connectivity index (χ0v) is 13.3. The van der Waals surface area contributed by atoms with Gasteiger partial charge in [-0.05, 0) is 49.6 Å². The summed E-state index contributed by atoms with van der Waals surface area (Å²) in [5.41, 5.74) is 0.920. The Labute approximate surface area is 132 Å². The van der Waals surface area contributed by atoms with Gasteiger partial charge in [-0.25, -0.2) is 0 Å². The summed E-state index contributed by atoms with van der Waals surface area (Å²) in [6, 6.07) is 7.81. The standard InChI is InChI=1S/C15H18BrN3O2/c16-13-5-3-12(4-6-13)15-18-17-14(21-15)9-19-7-1-2-11(8-19)10-20/h3-6,11,20H,1-2,7-10H2. The van der Waals surface area contributed by atoms with Gasteiger partial charge in [-0.3, -0.25) is 4.90 Å². The summed E-state index contributed by atoms with van der Waals surface area (Å²) in [5, 5.41) is 17.5. The van der Waals surface area contributed by atoms with Crippen molar-refractivity contribution in [2.24, 2.45) is 5.92 Å². The molecular weight excluding hydrogens is 334 g/mol. The predicted octanol–water partition coefficient (Wildman–Crippen LogP) is 2.70. The van der Waals surface area contributed by atoms with Crippen LogP contribution in [0.2, 0.25) is 0 Å². The molecule has 21 heavy (non-hydrogen) atoms. The van der Waals surface area contributed by atoms with Gasteiger partial charge in [0.15, 0.2) is 0 Å². The number of benzene rings is 1. The van der Waals surface area contributed by atoms with Gasteiger partial charge in [0.25, 0.3) is 0 Å². The maximum atomic E-state index is 9.27. The second kappa shape index (κ2) is 6.68. The summed E-state index contributed by atoms with van der Waals surface area (Å²) in [6.45, 7) is 2.82. The quantitative estimate of drug-likeness (QED) is 0.917. The van der Waals surface area contributed by atoms with Crippen LogP contribution >= 0.6 is 15.9 Å². The molecule has 0 aliphatic carbocycles. The highest BCUT2D eigenvalue weighted by molar-refractivity contribution is 9.10. The van der Waals surface area contributed by atoms with Crippen LogP contribution in [0, 0.1) is 5.92 Å². The molecule has 1 saturated heterocycles. The average molecular weight is 352 g/mol. The monoisotopic (exact) mass is 351 g/mol. The Morgan fingerprint density at radius 2 is 2.10 bits per heavy atom. The third kappa shape index (κ3) is 3.70. The van der Waals surface area contributed by atoms with Crippen molar-refractivity contribution in [3.05, 3.63) is 34.6 Å². The van der Waals surface area contributed by atoms with Crippen LogP contribution in [-0.4, -0.2) is 39.9 Å². The number of hydrogen-bond donors (Lipinski definition) is 1. The molecular formula is C15H18BrN3O2. The molecule has 0 amide bonds. The topological polar surface area (TPSA) is 62.4 Å². The minimum absolute atomic E-state index is 0.254. The fourth-order valence-corrected chi connectivity index (χ4v) is 2.93. The lowest BCUT2D eigenvalue weighted by Crippen LogP contribution is -2.36. The van der Waals surface area contributed by atoms with Crippen LogP contribution in [0.4, 0.5) is 0 Å². The molecule has 2 heterocycles. The lowest BCUT2D eigenvalue weighted by molar-refractivity contribution is 0.109. The number of aromatic nitrogens is 2. The SMILES string of the molecule is OCC1CCCN(Cc2nnc(-c3ccc(Br)cc3)o2)C1. The number of halogens is 1. The molecule has 0 saturated carbocycles. The minimum atomic E-state index is 0.254. The van der Waals surface area contributed by atoms with E-state index in [2.05, 4.69) is 31.0 Å². The number of rotatable bonds is 4. The zero-order chi connectivity index (χ0) is 14.7. The molecule has 1 unspecified atom stereocenters. The van der Waals surface area contributed by atoms with E-state index in [4.69, 9.17) is 4.42 Å². The molecule has 0 spiro atoms. The van der Waals surface area contributed by atoms with Crippen molar-refractivity contribution in [3.63, 3.8) is 0 Å². The van der Waals surface area contributed by atoms with Gasteiger partial charge >= 0.3 is 0 Å². The molecule has 1 aromatic carbocycles. The maximum Gasteiger partial charge on any atom is 0.247 e. The second-order valence-electron chi connectivity index (χ2n) is 5.43. The molecule has 0 bridgehead atoms. The second-order valence-corrected chi connectivity index (χ2v) is 6.35. The molecule has 1 aromatic heterocycles. The predicted molar refractivity (Wildman–Crippen MR) is 82.5 cm³/mol. The van der Waals surface area contributed by atoms with Gasteiger partial charge in [-0.1, -0.05) is 15.9 Å². The fourth-order valence-electron chi connectivity index (χ4n) is 2.66. The first kappa shape index (κ1) is 14.7. The molecule has 5 nitrogen and oxygen atoms in total. The van der Waals surface area contributed by atoms with Crippen molar-refractivity contribution >= 4 is 15.9 Å². The largest absolute Gasteiger partial charge is 0.419 e. The fraction of sp³-hybridized carbons (Fsp3) is 0.467. The average Bonchev–Trinajstić information content (AvgIpc) is 2.96. The van der Waals surface area contributed by atoms with Crippen molar-refractivity contribution in [3.8, 4) is 11.5 Å². The van der Waals surface area contributed by atoms with E-state index in [1.165, 1.54) is 0 Å². The first-order chi connectivity index (χ1) is 10.2. The van der Waals surface area contributed by atoms with Crippen LogP contribution in [0.3, 0.4) is 0 Å². The van der Waals surface area contributed by atoms with E-state index in [1.807, 2.05) is 24.3 Å². The van der Waals surface area contributed by atoms with Gasteiger partial charge in [0.1, 0.15) is 0 Å². The van der Waals surface area contributed by atoms with Crippen molar-refractivity contribution in [1.82, 2.24) is 15.1 Å². The Kier molecular flexibility index (Phi) is 4.67.